The van der Waals surface area contributed by atoms with Crippen LogP contribution in [0.2, 0.25) is 0 Å². The van der Waals surface area contributed by atoms with Gasteiger partial charge in [0, 0.05) is 5.69 Å². The highest BCUT2D eigenvalue weighted by atomic mass is 19.4. The first-order chi connectivity index (χ1) is 11.2. The van der Waals surface area contributed by atoms with E-state index in [-0.39, 0.29) is 37.2 Å². The van der Waals surface area contributed by atoms with Crippen molar-refractivity contribution in [3.8, 4) is 18.1 Å². The van der Waals surface area contributed by atoms with Crippen molar-refractivity contribution >= 4 is 17.5 Å². The van der Waals surface area contributed by atoms with E-state index < -0.39 is 6.36 Å². The molecule has 1 rings (SSSR count). The first-order valence-corrected chi connectivity index (χ1v) is 6.86. The second-order valence-electron chi connectivity index (χ2n) is 4.91. The van der Waals surface area contributed by atoms with Gasteiger partial charge in [0.2, 0.25) is 0 Å². The number of alkyl halides is 3. The average molecular weight is 344 g/mol. The van der Waals surface area contributed by atoms with Crippen molar-refractivity contribution in [1.82, 2.24) is 5.32 Å². The number of ether oxygens (including phenoxy) is 1. The number of carbonyl (C=O) groups is 2. The second kappa shape index (κ2) is 8.79. The molecular weight excluding hydrogens is 327 g/mol. The molecule has 0 saturated heterocycles. The molecule has 0 spiro atoms. The van der Waals surface area contributed by atoms with E-state index in [0.717, 1.165) is 12.1 Å². The molecule has 0 aromatic heterocycles. The number of hydrogen-bond acceptors (Lipinski definition) is 3. The Hall–Kier alpha value is -2.73. The molecule has 0 saturated carbocycles. The second-order valence-corrected chi connectivity index (χ2v) is 4.91. The van der Waals surface area contributed by atoms with E-state index in [1.165, 1.54) is 12.1 Å². The van der Waals surface area contributed by atoms with Crippen LogP contribution in [0.4, 0.5) is 18.9 Å². The zero-order valence-electron chi connectivity index (χ0n) is 12.9. The molecule has 1 atom stereocenters. The molecular formula is C15H17F3N3O3+. The van der Waals surface area contributed by atoms with Crippen LogP contribution >= 0.6 is 0 Å². The normalized spacial score (nSPS) is 12.0. The minimum absolute atomic E-state index is 0.00424. The summed E-state index contributed by atoms with van der Waals surface area (Å²) in [5.41, 5.74) is 0.319. The van der Waals surface area contributed by atoms with Gasteiger partial charge in [-0.15, -0.1) is 19.6 Å². The number of terminal acetylenes is 1. The average Bonchev–Trinajstić information content (AvgIpc) is 2.45. The molecule has 0 aliphatic carbocycles. The Balaban J connectivity index is 2.44. The van der Waals surface area contributed by atoms with Crippen molar-refractivity contribution in [2.24, 2.45) is 0 Å². The SMILES string of the molecule is C#CCNC(=O)C[NH+](C)CC(=O)Nc1ccc(OC(F)(F)F)cc1. The Morgan fingerprint density at radius 1 is 1.21 bits per heavy atom. The summed E-state index contributed by atoms with van der Waals surface area (Å²) >= 11 is 0. The summed E-state index contributed by atoms with van der Waals surface area (Å²) in [4.78, 5) is 23.9. The quantitative estimate of drug-likeness (QED) is 0.600. The molecule has 24 heavy (non-hydrogen) atoms. The lowest BCUT2D eigenvalue weighted by Crippen LogP contribution is -3.11. The predicted octanol–water partition coefficient (Wildman–Crippen LogP) is -0.212. The largest absolute Gasteiger partial charge is 0.573 e. The predicted molar refractivity (Wildman–Crippen MR) is 80.2 cm³/mol. The van der Waals surface area contributed by atoms with E-state index in [9.17, 15) is 22.8 Å². The molecule has 2 amide bonds. The van der Waals surface area contributed by atoms with Gasteiger partial charge >= 0.3 is 6.36 Å². The first kappa shape index (κ1) is 19.3. The molecule has 3 N–H and O–H groups in total. The van der Waals surface area contributed by atoms with Gasteiger partial charge in [-0.25, -0.2) is 0 Å². The minimum Gasteiger partial charge on any atom is -0.406 e. The van der Waals surface area contributed by atoms with Crippen LogP contribution < -0.4 is 20.3 Å². The highest BCUT2D eigenvalue weighted by Crippen LogP contribution is 2.23. The standard InChI is InChI=1S/C15H16F3N3O3/c1-3-8-19-13(22)9-21(2)10-14(23)20-11-4-6-12(7-5-11)24-15(16,17)18/h1,4-7H,8-10H2,2H3,(H,19,22)(H,20,23)/p+1. The van der Waals surface area contributed by atoms with Crippen molar-refractivity contribution in [2.45, 2.75) is 6.36 Å². The summed E-state index contributed by atoms with van der Waals surface area (Å²) in [5.74, 6) is 1.21. The van der Waals surface area contributed by atoms with E-state index in [4.69, 9.17) is 6.42 Å². The van der Waals surface area contributed by atoms with Crippen molar-refractivity contribution in [3.63, 3.8) is 0 Å². The van der Waals surface area contributed by atoms with Crippen LogP contribution in [-0.2, 0) is 9.59 Å². The molecule has 0 fully saturated rings. The maximum Gasteiger partial charge on any atom is 0.573 e. The summed E-state index contributed by atoms with van der Waals surface area (Å²) in [6.07, 6.45) is 0.245. The number of carbonyl (C=O) groups excluding carboxylic acids is 2. The van der Waals surface area contributed by atoms with Gasteiger partial charge in [0.1, 0.15) is 5.75 Å². The summed E-state index contributed by atoms with van der Waals surface area (Å²) in [5, 5.41) is 5.00. The van der Waals surface area contributed by atoms with Gasteiger partial charge in [0.05, 0.1) is 13.6 Å². The first-order valence-electron chi connectivity index (χ1n) is 6.86. The maximum atomic E-state index is 12.0. The Labute approximate surface area is 137 Å². The third-order valence-corrected chi connectivity index (χ3v) is 2.68. The van der Waals surface area contributed by atoms with Gasteiger partial charge in [-0.3, -0.25) is 9.59 Å². The van der Waals surface area contributed by atoms with Gasteiger partial charge in [-0.05, 0) is 24.3 Å². The van der Waals surface area contributed by atoms with E-state index in [1.54, 1.807) is 7.05 Å². The van der Waals surface area contributed by atoms with Gasteiger partial charge < -0.3 is 20.3 Å². The molecule has 6 nitrogen and oxygen atoms in total. The Morgan fingerprint density at radius 2 is 1.79 bits per heavy atom. The van der Waals surface area contributed by atoms with Crippen molar-refractivity contribution in [3.05, 3.63) is 24.3 Å². The third kappa shape index (κ3) is 8.05. The molecule has 1 aromatic rings. The number of hydrogen-bond donors (Lipinski definition) is 3. The summed E-state index contributed by atoms with van der Waals surface area (Å²) in [6.45, 7) is 0.183. The van der Waals surface area contributed by atoms with Crippen LogP contribution in [-0.4, -0.2) is 44.9 Å². The third-order valence-electron chi connectivity index (χ3n) is 2.68. The Morgan fingerprint density at radius 3 is 2.33 bits per heavy atom. The van der Waals surface area contributed by atoms with Crippen LogP contribution in [0.3, 0.4) is 0 Å². The number of amides is 2. The molecule has 0 radical (unpaired) electrons. The van der Waals surface area contributed by atoms with Crippen molar-refractivity contribution < 1.29 is 32.4 Å². The van der Waals surface area contributed by atoms with E-state index >= 15 is 0 Å². The van der Waals surface area contributed by atoms with Gasteiger partial charge in [-0.1, -0.05) is 5.92 Å². The minimum atomic E-state index is -4.77. The van der Waals surface area contributed by atoms with Crippen LogP contribution in [0.25, 0.3) is 0 Å². The fraction of sp³-hybridized carbons (Fsp3) is 0.333. The monoisotopic (exact) mass is 344 g/mol. The van der Waals surface area contributed by atoms with Crippen LogP contribution in [0, 0.1) is 12.3 Å². The molecule has 1 unspecified atom stereocenters. The number of quaternary nitrogens is 1. The van der Waals surface area contributed by atoms with E-state index in [1.807, 2.05) is 0 Å². The number of rotatable bonds is 7. The number of anilines is 1. The van der Waals surface area contributed by atoms with Gasteiger partial charge in [-0.2, -0.15) is 0 Å². The van der Waals surface area contributed by atoms with Crippen LogP contribution in [0.5, 0.6) is 5.75 Å². The number of likely N-dealkylation sites (N-methyl/N-ethyl adjacent to an activating group) is 1. The lowest BCUT2D eigenvalue weighted by molar-refractivity contribution is -0.862. The molecule has 0 aliphatic rings. The fourth-order valence-corrected chi connectivity index (χ4v) is 1.77. The van der Waals surface area contributed by atoms with Gasteiger partial charge in [0.25, 0.3) is 11.8 Å². The summed E-state index contributed by atoms with van der Waals surface area (Å²) in [7, 11) is 1.65. The van der Waals surface area contributed by atoms with Gasteiger partial charge in [0.15, 0.2) is 13.1 Å². The molecule has 1 aromatic carbocycles. The highest BCUT2D eigenvalue weighted by molar-refractivity contribution is 5.91. The van der Waals surface area contributed by atoms with Crippen molar-refractivity contribution in [1.29, 1.82) is 0 Å². The zero-order valence-corrected chi connectivity index (χ0v) is 12.9. The van der Waals surface area contributed by atoms with Crippen LogP contribution in [0.1, 0.15) is 0 Å². The molecule has 0 bridgehead atoms. The zero-order chi connectivity index (χ0) is 18.2. The number of nitrogens with one attached hydrogen (secondary N) is 3. The van der Waals surface area contributed by atoms with E-state index in [2.05, 4.69) is 21.3 Å². The highest BCUT2D eigenvalue weighted by Gasteiger charge is 2.30. The Kier molecular flexibility index (Phi) is 7.07. The number of benzene rings is 1. The molecule has 0 aliphatic heterocycles. The summed E-state index contributed by atoms with van der Waals surface area (Å²) in [6, 6.07) is 4.75. The van der Waals surface area contributed by atoms with Crippen molar-refractivity contribution in [2.75, 3.05) is 32.0 Å². The lowest BCUT2D eigenvalue weighted by Gasteiger charge is -2.13. The summed E-state index contributed by atoms with van der Waals surface area (Å²) < 4.78 is 39.8. The van der Waals surface area contributed by atoms with E-state index in [0.29, 0.717) is 10.6 Å². The van der Waals surface area contributed by atoms with Crippen LogP contribution in [0.15, 0.2) is 24.3 Å². The molecule has 9 heteroatoms. The lowest BCUT2D eigenvalue weighted by atomic mass is 10.3. The smallest absolute Gasteiger partial charge is 0.406 e. The molecule has 0 heterocycles. The fourth-order valence-electron chi connectivity index (χ4n) is 1.77. The Bertz CT molecular complexity index is 609. The molecule has 130 valence electrons. The number of halogens is 3. The maximum absolute atomic E-state index is 12.0. The topological polar surface area (TPSA) is 71.9 Å².